The zero-order chi connectivity index (χ0) is 19.1. The highest BCUT2D eigenvalue weighted by molar-refractivity contribution is 7.71. The van der Waals surface area contributed by atoms with Gasteiger partial charge in [-0.3, -0.25) is 14.3 Å². The molecule has 0 aliphatic heterocycles. The summed E-state index contributed by atoms with van der Waals surface area (Å²) in [6, 6.07) is 19.1. The van der Waals surface area contributed by atoms with E-state index in [0.29, 0.717) is 34.5 Å². The molecule has 1 aliphatic carbocycles. The standard InChI is InChI=1S/C21H18FN5S/c22-18-9-5-4-8-15(18)13-26-11-10-19(25-26)27-20(23-24-21(27)28)17-12-16(17)14-6-2-1-3-7-14/h1-11,16-17H,12-13H2,(H,24,28)/t16-,17-/m1/s1. The minimum absolute atomic E-state index is 0.233. The molecule has 0 amide bonds. The van der Waals surface area contributed by atoms with Gasteiger partial charge in [0.25, 0.3) is 0 Å². The van der Waals surface area contributed by atoms with Crippen molar-refractivity contribution in [3.05, 3.63) is 94.4 Å². The Balaban J connectivity index is 1.43. The third-order valence-corrected chi connectivity index (χ3v) is 5.47. The Hall–Kier alpha value is -3.06. The van der Waals surface area contributed by atoms with Crippen molar-refractivity contribution in [2.75, 3.05) is 0 Å². The Labute approximate surface area is 166 Å². The van der Waals surface area contributed by atoms with Crippen LogP contribution >= 0.6 is 12.2 Å². The fourth-order valence-corrected chi connectivity index (χ4v) is 3.92. The van der Waals surface area contributed by atoms with Crippen molar-refractivity contribution >= 4 is 12.2 Å². The fourth-order valence-electron chi connectivity index (χ4n) is 3.69. The van der Waals surface area contributed by atoms with E-state index < -0.39 is 0 Å². The summed E-state index contributed by atoms with van der Waals surface area (Å²) in [5.74, 6) is 2.13. The Morgan fingerprint density at radius 2 is 1.82 bits per heavy atom. The van der Waals surface area contributed by atoms with Crippen molar-refractivity contribution in [1.29, 1.82) is 0 Å². The summed E-state index contributed by atoms with van der Waals surface area (Å²) in [6.45, 7) is 0.364. The van der Waals surface area contributed by atoms with Crippen LogP contribution in [0.2, 0.25) is 0 Å². The van der Waals surface area contributed by atoms with Crippen molar-refractivity contribution in [2.24, 2.45) is 0 Å². The molecule has 0 spiro atoms. The van der Waals surface area contributed by atoms with Crippen LogP contribution in [0.25, 0.3) is 5.82 Å². The number of nitrogens with zero attached hydrogens (tertiary/aromatic N) is 4. The molecule has 2 atom stereocenters. The summed E-state index contributed by atoms with van der Waals surface area (Å²) in [5, 5.41) is 12.0. The molecule has 4 aromatic rings. The van der Waals surface area contributed by atoms with Gasteiger partial charge in [-0.2, -0.15) is 10.2 Å². The molecule has 5 rings (SSSR count). The maximum atomic E-state index is 13.9. The van der Waals surface area contributed by atoms with Gasteiger partial charge in [0.05, 0.1) is 6.54 Å². The number of halogens is 1. The minimum Gasteiger partial charge on any atom is -0.266 e. The summed E-state index contributed by atoms with van der Waals surface area (Å²) in [4.78, 5) is 0. The lowest BCUT2D eigenvalue weighted by molar-refractivity contribution is 0.583. The summed E-state index contributed by atoms with van der Waals surface area (Å²) in [6.07, 6.45) is 2.88. The lowest BCUT2D eigenvalue weighted by Crippen LogP contribution is -2.06. The van der Waals surface area contributed by atoms with Crippen LogP contribution in [0.5, 0.6) is 0 Å². The number of hydrogen-bond donors (Lipinski definition) is 1. The number of H-pyrrole nitrogens is 1. The van der Waals surface area contributed by atoms with Crippen molar-refractivity contribution in [2.45, 2.75) is 24.8 Å². The van der Waals surface area contributed by atoms with Crippen molar-refractivity contribution in [3.8, 4) is 5.82 Å². The molecule has 7 heteroatoms. The summed E-state index contributed by atoms with van der Waals surface area (Å²) < 4.78 is 18.0. The van der Waals surface area contributed by atoms with Gasteiger partial charge < -0.3 is 0 Å². The third-order valence-electron chi connectivity index (χ3n) is 5.19. The van der Waals surface area contributed by atoms with Gasteiger partial charge in [-0.1, -0.05) is 48.5 Å². The monoisotopic (exact) mass is 391 g/mol. The van der Waals surface area contributed by atoms with Crippen LogP contribution < -0.4 is 0 Å². The second-order valence-corrected chi connectivity index (χ2v) is 7.43. The highest BCUT2D eigenvalue weighted by atomic mass is 32.1. The lowest BCUT2D eigenvalue weighted by atomic mass is 10.1. The highest BCUT2D eigenvalue weighted by Crippen LogP contribution is 2.54. The smallest absolute Gasteiger partial charge is 0.201 e. The van der Waals surface area contributed by atoms with Gasteiger partial charge in [0.15, 0.2) is 5.82 Å². The Morgan fingerprint density at radius 3 is 2.64 bits per heavy atom. The Morgan fingerprint density at radius 1 is 1.04 bits per heavy atom. The first kappa shape index (κ1) is 17.1. The van der Waals surface area contributed by atoms with Crippen LogP contribution in [-0.2, 0) is 6.54 Å². The summed E-state index contributed by atoms with van der Waals surface area (Å²) in [7, 11) is 0. The SMILES string of the molecule is Fc1ccccc1Cn1ccc(-n2c([C@@H]3C[C@@H]3c3ccccc3)n[nH]c2=S)n1. The lowest BCUT2D eigenvalue weighted by Gasteiger charge is -2.05. The molecule has 0 bridgehead atoms. The number of benzene rings is 2. The van der Waals surface area contributed by atoms with E-state index in [9.17, 15) is 4.39 Å². The third kappa shape index (κ3) is 3.07. The van der Waals surface area contributed by atoms with E-state index in [1.165, 1.54) is 11.6 Å². The zero-order valence-electron chi connectivity index (χ0n) is 15.0. The van der Waals surface area contributed by atoms with E-state index in [1.807, 2.05) is 29.0 Å². The predicted molar refractivity (Wildman–Crippen MR) is 107 cm³/mol. The largest absolute Gasteiger partial charge is 0.266 e. The van der Waals surface area contributed by atoms with Crippen LogP contribution in [0, 0.1) is 10.6 Å². The van der Waals surface area contributed by atoms with Crippen molar-refractivity contribution in [1.82, 2.24) is 24.5 Å². The van der Waals surface area contributed by atoms with E-state index in [-0.39, 0.29) is 5.82 Å². The van der Waals surface area contributed by atoms with Gasteiger partial charge in [0.1, 0.15) is 11.6 Å². The van der Waals surface area contributed by atoms with E-state index in [1.54, 1.807) is 16.8 Å². The van der Waals surface area contributed by atoms with E-state index in [0.717, 1.165) is 12.2 Å². The fraction of sp³-hybridized carbons (Fsp3) is 0.190. The quantitative estimate of drug-likeness (QED) is 0.507. The molecule has 2 heterocycles. The minimum atomic E-state index is -0.233. The van der Waals surface area contributed by atoms with E-state index in [2.05, 4.69) is 39.6 Å². The molecule has 5 nitrogen and oxygen atoms in total. The van der Waals surface area contributed by atoms with Gasteiger partial charge in [0.2, 0.25) is 4.77 Å². The van der Waals surface area contributed by atoms with Gasteiger partial charge >= 0.3 is 0 Å². The second kappa shape index (κ2) is 6.83. The maximum absolute atomic E-state index is 13.9. The van der Waals surface area contributed by atoms with Gasteiger partial charge in [-0.25, -0.2) is 4.39 Å². The molecule has 140 valence electrons. The first-order valence-corrected chi connectivity index (χ1v) is 9.61. The average Bonchev–Trinajstić information content (AvgIpc) is 3.22. The zero-order valence-corrected chi connectivity index (χ0v) is 15.8. The predicted octanol–water partition coefficient (Wildman–Crippen LogP) is 4.58. The number of aromatic nitrogens is 5. The van der Waals surface area contributed by atoms with Crippen molar-refractivity contribution in [3.63, 3.8) is 0 Å². The van der Waals surface area contributed by atoms with Gasteiger partial charge in [-0.05, 0) is 36.2 Å². The molecule has 0 radical (unpaired) electrons. The van der Waals surface area contributed by atoms with Gasteiger partial charge in [-0.15, -0.1) is 0 Å². The number of nitrogens with one attached hydrogen (secondary N) is 1. The van der Waals surface area contributed by atoms with Gasteiger partial charge in [0, 0.05) is 23.7 Å². The van der Waals surface area contributed by atoms with Crippen LogP contribution in [-0.4, -0.2) is 24.5 Å². The Kier molecular flexibility index (Phi) is 4.16. The van der Waals surface area contributed by atoms with Crippen LogP contribution in [0.15, 0.2) is 66.9 Å². The van der Waals surface area contributed by atoms with Crippen molar-refractivity contribution < 1.29 is 4.39 Å². The number of hydrogen-bond acceptors (Lipinski definition) is 3. The molecule has 2 aromatic carbocycles. The molecule has 0 unspecified atom stereocenters. The molecule has 0 saturated heterocycles. The molecule has 1 aliphatic rings. The summed E-state index contributed by atoms with van der Waals surface area (Å²) >= 11 is 5.45. The van der Waals surface area contributed by atoms with Crippen LogP contribution in [0.3, 0.4) is 0 Å². The molecule has 1 fully saturated rings. The molecular weight excluding hydrogens is 373 g/mol. The first-order chi connectivity index (χ1) is 13.7. The number of aromatic amines is 1. The first-order valence-electron chi connectivity index (χ1n) is 9.20. The van der Waals surface area contributed by atoms with E-state index >= 15 is 0 Å². The van der Waals surface area contributed by atoms with Crippen LogP contribution in [0.4, 0.5) is 4.39 Å². The summed E-state index contributed by atoms with van der Waals surface area (Å²) in [5.41, 5.74) is 1.91. The highest BCUT2D eigenvalue weighted by Gasteiger charge is 2.43. The number of rotatable bonds is 5. The molecular formula is C21H18FN5S. The van der Waals surface area contributed by atoms with Crippen LogP contribution in [0.1, 0.15) is 35.2 Å². The average molecular weight is 391 g/mol. The second-order valence-electron chi connectivity index (χ2n) is 7.04. The molecule has 1 N–H and O–H groups in total. The Bertz CT molecular complexity index is 1180. The molecule has 2 aromatic heterocycles. The molecule has 1 saturated carbocycles. The maximum Gasteiger partial charge on any atom is 0.201 e. The molecule has 28 heavy (non-hydrogen) atoms. The topological polar surface area (TPSA) is 51.4 Å². The normalized spacial score (nSPS) is 18.3. The van der Waals surface area contributed by atoms with E-state index in [4.69, 9.17) is 12.2 Å².